The molecular formula is C13H23N5O2S. The zero-order chi connectivity index (χ0) is 15.6. The highest BCUT2D eigenvalue weighted by Gasteiger charge is 2.27. The lowest BCUT2D eigenvalue weighted by Gasteiger charge is -2.35. The van der Waals surface area contributed by atoms with Crippen molar-refractivity contribution in [1.82, 2.24) is 25.1 Å². The number of rotatable bonds is 3. The SMILES string of the molecule is CC1CN(C(=O)CSc2nnnn2C(C)(C)C)CC(C)O1. The summed E-state index contributed by atoms with van der Waals surface area (Å²) in [6.45, 7) is 11.4. The first kappa shape index (κ1) is 16.2. The van der Waals surface area contributed by atoms with Gasteiger partial charge in [0.2, 0.25) is 11.1 Å². The van der Waals surface area contributed by atoms with Gasteiger partial charge in [0.1, 0.15) is 0 Å². The van der Waals surface area contributed by atoms with E-state index in [1.54, 1.807) is 4.68 Å². The quantitative estimate of drug-likeness (QED) is 0.780. The van der Waals surface area contributed by atoms with E-state index in [9.17, 15) is 4.79 Å². The maximum Gasteiger partial charge on any atom is 0.233 e. The van der Waals surface area contributed by atoms with E-state index in [1.165, 1.54) is 11.8 Å². The van der Waals surface area contributed by atoms with Gasteiger partial charge in [-0.25, -0.2) is 4.68 Å². The van der Waals surface area contributed by atoms with Crippen molar-refractivity contribution < 1.29 is 9.53 Å². The fourth-order valence-electron chi connectivity index (χ4n) is 2.29. The summed E-state index contributed by atoms with van der Waals surface area (Å²) in [5.74, 6) is 0.445. The van der Waals surface area contributed by atoms with Gasteiger partial charge in [0.25, 0.3) is 0 Å². The molecule has 0 aliphatic carbocycles. The number of aromatic nitrogens is 4. The number of hydrogen-bond donors (Lipinski definition) is 0. The van der Waals surface area contributed by atoms with E-state index in [1.807, 2.05) is 39.5 Å². The van der Waals surface area contributed by atoms with Crippen LogP contribution in [-0.4, -0.2) is 62.1 Å². The van der Waals surface area contributed by atoms with Crippen molar-refractivity contribution in [1.29, 1.82) is 0 Å². The van der Waals surface area contributed by atoms with Crippen LogP contribution in [0.25, 0.3) is 0 Å². The number of hydrogen-bond acceptors (Lipinski definition) is 6. The Morgan fingerprint density at radius 2 is 1.95 bits per heavy atom. The van der Waals surface area contributed by atoms with Crippen molar-refractivity contribution in [2.75, 3.05) is 18.8 Å². The molecule has 118 valence electrons. The van der Waals surface area contributed by atoms with E-state index in [-0.39, 0.29) is 23.7 Å². The first-order chi connectivity index (χ1) is 9.77. The zero-order valence-electron chi connectivity index (χ0n) is 13.2. The van der Waals surface area contributed by atoms with Crippen LogP contribution in [0, 0.1) is 0 Å². The van der Waals surface area contributed by atoms with Crippen LogP contribution >= 0.6 is 11.8 Å². The molecule has 7 nitrogen and oxygen atoms in total. The molecule has 0 saturated carbocycles. The Hall–Kier alpha value is -1.15. The zero-order valence-corrected chi connectivity index (χ0v) is 14.1. The third-order valence-electron chi connectivity index (χ3n) is 3.17. The molecule has 1 amide bonds. The van der Waals surface area contributed by atoms with Gasteiger partial charge < -0.3 is 9.64 Å². The molecule has 2 atom stereocenters. The van der Waals surface area contributed by atoms with E-state index in [0.717, 1.165) is 0 Å². The summed E-state index contributed by atoms with van der Waals surface area (Å²) >= 11 is 1.38. The maximum absolute atomic E-state index is 12.3. The second-order valence-electron chi connectivity index (χ2n) is 6.39. The molecule has 1 aromatic rings. The molecule has 1 saturated heterocycles. The number of morpholine rings is 1. The molecule has 0 aromatic carbocycles. The molecule has 2 heterocycles. The third kappa shape index (κ3) is 4.16. The van der Waals surface area contributed by atoms with Crippen LogP contribution in [0.1, 0.15) is 34.6 Å². The fraction of sp³-hybridized carbons (Fsp3) is 0.846. The van der Waals surface area contributed by atoms with Crippen LogP contribution in [-0.2, 0) is 15.1 Å². The van der Waals surface area contributed by atoms with Gasteiger partial charge in [-0.2, -0.15) is 0 Å². The largest absolute Gasteiger partial charge is 0.372 e. The number of carbonyl (C=O) groups is 1. The summed E-state index contributed by atoms with van der Waals surface area (Å²) < 4.78 is 7.39. The van der Waals surface area contributed by atoms with Crippen LogP contribution in [0.15, 0.2) is 5.16 Å². The van der Waals surface area contributed by atoms with Crippen molar-refractivity contribution in [3.63, 3.8) is 0 Å². The Morgan fingerprint density at radius 3 is 2.52 bits per heavy atom. The molecule has 0 N–H and O–H groups in total. The minimum Gasteiger partial charge on any atom is -0.372 e. The smallest absolute Gasteiger partial charge is 0.233 e. The Morgan fingerprint density at radius 1 is 1.33 bits per heavy atom. The first-order valence-electron chi connectivity index (χ1n) is 7.12. The molecular weight excluding hydrogens is 290 g/mol. The summed E-state index contributed by atoms with van der Waals surface area (Å²) in [7, 11) is 0. The molecule has 1 aromatic heterocycles. The number of ether oxygens (including phenoxy) is 1. The highest BCUT2D eigenvalue weighted by Crippen LogP contribution is 2.22. The van der Waals surface area contributed by atoms with E-state index in [2.05, 4.69) is 15.5 Å². The standard InChI is InChI=1S/C13H23N5O2S/c1-9-6-17(7-10(2)20-9)11(19)8-21-12-14-15-16-18(12)13(3,4)5/h9-10H,6-8H2,1-5H3. The Kier molecular flexibility index (Phi) is 4.88. The van der Waals surface area contributed by atoms with Crippen LogP contribution in [0.5, 0.6) is 0 Å². The van der Waals surface area contributed by atoms with Gasteiger partial charge in [0, 0.05) is 13.1 Å². The minimum atomic E-state index is -0.198. The first-order valence-corrected chi connectivity index (χ1v) is 8.11. The van der Waals surface area contributed by atoms with E-state index < -0.39 is 0 Å². The third-order valence-corrected chi connectivity index (χ3v) is 4.08. The number of tetrazole rings is 1. The number of amides is 1. The second kappa shape index (κ2) is 6.31. The Labute approximate surface area is 129 Å². The fourth-order valence-corrected chi connectivity index (χ4v) is 3.25. The lowest BCUT2D eigenvalue weighted by atomic mass is 10.1. The molecule has 0 radical (unpaired) electrons. The monoisotopic (exact) mass is 313 g/mol. The molecule has 21 heavy (non-hydrogen) atoms. The van der Waals surface area contributed by atoms with Gasteiger partial charge in [-0.05, 0) is 45.0 Å². The van der Waals surface area contributed by atoms with Crippen molar-refractivity contribution >= 4 is 17.7 Å². The predicted molar refractivity (Wildman–Crippen MR) is 80.1 cm³/mol. The van der Waals surface area contributed by atoms with Crippen LogP contribution in [0.4, 0.5) is 0 Å². The van der Waals surface area contributed by atoms with Crippen molar-refractivity contribution in [3.8, 4) is 0 Å². The topological polar surface area (TPSA) is 73.1 Å². The molecule has 0 spiro atoms. The summed E-state index contributed by atoms with van der Waals surface area (Å²) in [5.41, 5.74) is -0.198. The van der Waals surface area contributed by atoms with Crippen LogP contribution < -0.4 is 0 Å². The minimum absolute atomic E-state index is 0.0857. The van der Waals surface area contributed by atoms with Crippen molar-refractivity contribution in [2.45, 2.75) is 57.5 Å². The Balaban J connectivity index is 1.94. The molecule has 1 fully saturated rings. The molecule has 1 aliphatic heterocycles. The molecule has 8 heteroatoms. The lowest BCUT2D eigenvalue weighted by molar-refractivity contribution is -0.140. The van der Waals surface area contributed by atoms with E-state index in [0.29, 0.717) is 24.0 Å². The normalized spacial score (nSPS) is 23.4. The van der Waals surface area contributed by atoms with E-state index in [4.69, 9.17) is 4.74 Å². The lowest BCUT2D eigenvalue weighted by Crippen LogP contribution is -2.48. The van der Waals surface area contributed by atoms with Crippen LogP contribution in [0.3, 0.4) is 0 Å². The average Bonchev–Trinajstić information content (AvgIpc) is 2.82. The van der Waals surface area contributed by atoms with Crippen molar-refractivity contribution in [2.24, 2.45) is 0 Å². The van der Waals surface area contributed by atoms with Gasteiger partial charge in [0.05, 0.1) is 23.5 Å². The number of nitrogens with zero attached hydrogens (tertiary/aromatic N) is 5. The number of carbonyl (C=O) groups excluding carboxylic acids is 1. The van der Waals surface area contributed by atoms with Crippen molar-refractivity contribution in [3.05, 3.63) is 0 Å². The number of thioether (sulfide) groups is 1. The van der Waals surface area contributed by atoms with Gasteiger partial charge in [-0.1, -0.05) is 11.8 Å². The van der Waals surface area contributed by atoms with Gasteiger partial charge in [-0.3, -0.25) is 4.79 Å². The highest BCUT2D eigenvalue weighted by molar-refractivity contribution is 7.99. The summed E-state index contributed by atoms with van der Waals surface area (Å²) in [5, 5.41) is 12.4. The van der Waals surface area contributed by atoms with Gasteiger partial charge in [-0.15, -0.1) is 5.10 Å². The summed E-state index contributed by atoms with van der Waals surface area (Å²) in [4.78, 5) is 14.2. The van der Waals surface area contributed by atoms with Crippen LogP contribution in [0.2, 0.25) is 0 Å². The second-order valence-corrected chi connectivity index (χ2v) is 7.33. The van der Waals surface area contributed by atoms with Gasteiger partial charge in [0.15, 0.2) is 0 Å². The predicted octanol–water partition coefficient (Wildman–Crippen LogP) is 1.16. The maximum atomic E-state index is 12.3. The average molecular weight is 313 g/mol. The molecule has 2 unspecified atom stereocenters. The molecule has 1 aliphatic rings. The molecule has 2 rings (SSSR count). The van der Waals surface area contributed by atoms with Gasteiger partial charge >= 0.3 is 0 Å². The van der Waals surface area contributed by atoms with E-state index >= 15 is 0 Å². The summed E-state index contributed by atoms with van der Waals surface area (Å²) in [6, 6.07) is 0. The molecule has 0 bridgehead atoms. The summed E-state index contributed by atoms with van der Waals surface area (Å²) in [6.07, 6.45) is 0.171. The Bertz CT molecular complexity index is 489. The highest BCUT2D eigenvalue weighted by atomic mass is 32.2.